The average molecular weight is 804 g/mol. The Morgan fingerprint density at radius 3 is 1.35 bits per heavy atom. The number of carboxylic acid groups (broad SMARTS) is 1. The molecule has 2 atom stereocenters. The number of allylic oxidation sites excluding steroid dienone is 6. The topological polar surface area (TPSA) is 102 Å². The number of hydrogen-bond acceptors (Lipinski definition) is 7. The molecule has 2 unspecified atom stereocenters. The molecule has 8 heteroatoms. The predicted octanol–water partition coefficient (Wildman–Crippen LogP) is 11.7. The smallest absolute Gasteiger partial charge is 0.306 e. The largest absolute Gasteiger partial charge is 0.544 e. The van der Waals surface area contributed by atoms with Gasteiger partial charge in [-0.3, -0.25) is 9.59 Å². The van der Waals surface area contributed by atoms with Crippen LogP contribution in [0.3, 0.4) is 0 Å². The Morgan fingerprint density at radius 1 is 0.526 bits per heavy atom. The fourth-order valence-corrected chi connectivity index (χ4v) is 6.90. The molecule has 0 saturated carbocycles. The first-order valence-corrected chi connectivity index (χ1v) is 23.5. The Labute approximate surface area is 351 Å². The zero-order chi connectivity index (χ0) is 42.1. The van der Waals surface area contributed by atoms with E-state index >= 15 is 0 Å². The van der Waals surface area contributed by atoms with E-state index in [-0.39, 0.29) is 42.7 Å². The van der Waals surface area contributed by atoms with Crippen LogP contribution in [-0.2, 0) is 28.6 Å². The molecule has 0 fully saturated rings. The number of rotatable bonds is 42. The molecule has 0 spiro atoms. The lowest BCUT2D eigenvalue weighted by Gasteiger charge is -2.34. The lowest BCUT2D eigenvalue weighted by molar-refractivity contribution is -0.889. The molecule has 0 aliphatic rings. The van der Waals surface area contributed by atoms with Crippen molar-refractivity contribution >= 4 is 17.9 Å². The second kappa shape index (κ2) is 40.3. The van der Waals surface area contributed by atoms with Gasteiger partial charge in [-0.05, 0) is 38.5 Å². The van der Waals surface area contributed by atoms with Crippen molar-refractivity contribution in [2.75, 3.05) is 41.0 Å². The zero-order valence-electron chi connectivity index (χ0n) is 37.8. The number of ether oxygens (including phenoxy) is 3. The lowest BCUT2D eigenvalue weighted by Crippen LogP contribution is -2.55. The van der Waals surface area contributed by atoms with Crippen LogP contribution in [0.2, 0.25) is 0 Å². The molecule has 0 aromatic heterocycles. The van der Waals surface area contributed by atoms with Crippen molar-refractivity contribution in [2.24, 2.45) is 0 Å². The molecule has 0 aliphatic heterocycles. The molecule has 0 aliphatic carbocycles. The molecule has 0 heterocycles. The van der Waals surface area contributed by atoms with E-state index < -0.39 is 18.1 Å². The summed E-state index contributed by atoms with van der Waals surface area (Å²) in [6, 6.07) is -0.728. The maximum atomic E-state index is 12.7. The summed E-state index contributed by atoms with van der Waals surface area (Å²) < 4.78 is 17.2. The van der Waals surface area contributed by atoms with E-state index in [4.69, 9.17) is 14.2 Å². The fraction of sp³-hybridized carbons (Fsp3) is 0.816. The molecule has 0 aromatic rings. The molecule has 0 N–H and O–H groups in total. The number of quaternary nitrogens is 1. The second-order valence-electron chi connectivity index (χ2n) is 17.1. The number of carbonyl (C=O) groups excluding carboxylic acids is 3. The van der Waals surface area contributed by atoms with Gasteiger partial charge in [0, 0.05) is 19.3 Å². The van der Waals surface area contributed by atoms with Crippen LogP contribution in [0.5, 0.6) is 0 Å². The van der Waals surface area contributed by atoms with Crippen molar-refractivity contribution in [3.05, 3.63) is 36.5 Å². The third-order valence-electron chi connectivity index (χ3n) is 10.6. The number of likely N-dealkylation sites (N-methyl/N-ethyl adjacent to an activating group) is 1. The number of nitrogens with zero attached hydrogens (tertiary/aromatic N) is 1. The third-order valence-corrected chi connectivity index (χ3v) is 10.6. The maximum absolute atomic E-state index is 12.7. The molecule has 0 amide bonds. The van der Waals surface area contributed by atoms with Gasteiger partial charge in [-0.2, -0.15) is 0 Å². The van der Waals surface area contributed by atoms with Gasteiger partial charge in [-0.25, -0.2) is 0 Å². The highest BCUT2D eigenvalue weighted by Gasteiger charge is 2.25. The monoisotopic (exact) mass is 804 g/mol. The second-order valence-corrected chi connectivity index (χ2v) is 17.1. The Balaban J connectivity index is 4.35. The van der Waals surface area contributed by atoms with Gasteiger partial charge in [0.25, 0.3) is 0 Å². The molecule has 0 rings (SSSR count). The summed E-state index contributed by atoms with van der Waals surface area (Å²) in [5.41, 5.74) is 0. The molecule has 0 aromatic carbocycles. The number of carbonyl (C=O) groups is 3. The Hall–Kier alpha value is -2.45. The van der Waals surface area contributed by atoms with Crippen LogP contribution in [0.15, 0.2) is 36.5 Å². The lowest BCUT2D eigenvalue weighted by atomic mass is 10.0. The zero-order valence-corrected chi connectivity index (χ0v) is 37.8. The van der Waals surface area contributed by atoms with Gasteiger partial charge in [0.1, 0.15) is 12.6 Å². The van der Waals surface area contributed by atoms with Gasteiger partial charge < -0.3 is 28.6 Å². The standard InChI is InChI=1S/C49H89NO7/c1-6-8-10-12-14-16-18-20-22-23-24-26-28-30-32-34-36-38-40-48(52)57-45(43-55-42-41-46(49(53)54)50(3,4)5)44-56-47(51)39-37-35-33-31-29-27-25-21-19-17-15-13-11-9-7-2/h18,20,22-24,26,45-46H,6-17,19,21,25,27-44H2,1-5H3/b20-18+,23-22+,26-24+. The van der Waals surface area contributed by atoms with Crippen LogP contribution in [0.4, 0.5) is 0 Å². The Morgan fingerprint density at radius 2 is 0.930 bits per heavy atom. The minimum Gasteiger partial charge on any atom is -0.544 e. The molecular weight excluding hydrogens is 715 g/mol. The maximum Gasteiger partial charge on any atom is 0.306 e. The Kier molecular flexibility index (Phi) is 38.6. The van der Waals surface area contributed by atoms with Crippen LogP contribution >= 0.6 is 0 Å². The van der Waals surface area contributed by atoms with Gasteiger partial charge in [0.05, 0.1) is 40.3 Å². The van der Waals surface area contributed by atoms with Crippen molar-refractivity contribution in [3.8, 4) is 0 Å². The van der Waals surface area contributed by atoms with Crippen molar-refractivity contribution in [3.63, 3.8) is 0 Å². The first-order chi connectivity index (χ1) is 27.6. The predicted molar refractivity (Wildman–Crippen MR) is 236 cm³/mol. The summed E-state index contributed by atoms with van der Waals surface area (Å²) in [6.45, 7) is 4.64. The van der Waals surface area contributed by atoms with Crippen LogP contribution in [-0.4, -0.2) is 75.5 Å². The van der Waals surface area contributed by atoms with E-state index in [0.29, 0.717) is 12.8 Å². The quantitative estimate of drug-likeness (QED) is 0.0262. The van der Waals surface area contributed by atoms with Crippen LogP contribution in [0.25, 0.3) is 0 Å². The molecule has 0 saturated heterocycles. The van der Waals surface area contributed by atoms with Gasteiger partial charge in [-0.1, -0.05) is 185 Å². The summed E-state index contributed by atoms with van der Waals surface area (Å²) in [5, 5.41) is 11.6. The summed E-state index contributed by atoms with van der Waals surface area (Å²) in [5.74, 6) is -1.75. The van der Waals surface area contributed by atoms with E-state index in [1.54, 1.807) is 21.1 Å². The highest BCUT2D eigenvalue weighted by molar-refractivity contribution is 5.70. The minimum atomic E-state index is -1.13. The fourth-order valence-electron chi connectivity index (χ4n) is 6.90. The van der Waals surface area contributed by atoms with E-state index in [0.717, 1.165) is 64.2 Å². The average Bonchev–Trinajstić information content (AvgIpc) is 3.17. The van der Waals surface area contributed by atoms with Gasteiger partial charge in [-0.15, -0.1) is 0 Å². The first-order valence-electron chi connectivity index (χ1n) is 23.5. The Bertz CT molecular complexity index is 1030. The number of aliphatic carboxylic acids is 1. The van der Waals surface area contributed by atoms with E-state index in [1.165, 1.54) is 109 Å². The molecule has 57 heavy (non-hydrogen) atoms. The van der Waals surface area contributed by atoms with Crippen molar-refractivity contribution < 1.29 is 38.2 Å². The van der Waals surface area contributed by atoms with Crippen LogP contribution < -0.4 is 5.11 Å². The number of carboxylic acids is 1. The minimum absolute atomic E-state index is 0.0347. The van der Waals surface area contributed by atoms with Crippen LogP contribution in [0.1, 0.15) is 206 Å². The van der Waals surface area contributed by atoms with Gasteiger partial charge >= 0.3 is 11.9 Å². The number of hydrogen-bond donors (Lipinski definition) is 0. The number of unbranched alkanes of at least 4 members (excludes halogenated alkanes) is 24. The normalized spacial score (nSPS) is 13.2. The summed E-state index contributed by atoms with van der Waals surface area (Å²) in [6.07, 6.45) is 45.9. The molecule has 8 nitrogen and oxygen atoms in total. The van der Waals surface area contributed by atoms with E-state index in [9.17, 15) is 19.5 Å². The molecular formula is C49H89NO7. The molecule has 0 bridgehead atoms. The van der Waals surface area contributed by atoms with Crippen molar-refractivity contribution in [1.82, 2.24) is 0 Å². The number of esters is 2. The molecule has 332 valence electrons. The SMILES string of the molecule is CCCCCCC/C=C/C=C/C=C/CCCCCCCC(=O)OC(COCCC(C(=O)[O-])[N+](C)(C)C)COC(=O)CCCCCCCCCCCCCCCCC. The van der Waals surface area contributed by atoms with Gasteiger partial charge in [0.2, 0.25) is 0 Å². The third kappa shape index (κ3) is 38.8. The summed E-state index contributed by atoms with van der Waals surface area (Å²) >= 11 is 0. The van der Waals surface area contributed by atoms with E-state index in [1.807, 2.05) is 0 Å². The van der Waals surface area contributed by atoms with Crippen LogP contribution in [0, 0.1) is 0 Å². The summed E-state index contributed by atoms with van der Waals surface area (Å²) in [7, 11) is 5.40. The van der Waals surface area contributed by atoms with Crippen molar-refractivity contribution in [1.29, 1.82) is 0 Å². The van der Waals surface area contributed by atoms with E-state index in [2.05, 4.69) is 50.3 Å². The van der Waals surface area contributed by atoms with Crippen molar-refractivity contribution in [2.45, 2.75) is 219 Å². The molecule has 0 radical (unpaired) electrons. The highest BCUT2D eigenvalue weighted by atomic mass is 16.6. The van der Waals surface area contributed by atoms with Gasteiger partial charge in [0.15, 0.2) is 6.10 Å². The highest BCUT2D eigenvalue weighted by Crippen LogP contribution is 2.15. The first kappa shape index (κ1) is 54.6. The summed E-state index contributed by atoms with van der Waals surface area (Å²) in [4.78, 5) is 36.9.